The van der Waals surface area contributed by atoms with E-state index < -0.39 is 5.92 Å². The van der Waals surface area contributed by atoms with Crippen molar-refractivity contribution in [3.05, 3.63) is 81.1 Å². The van der Waals surface area contributed by atoms with E-state index in [1.54, 1.807) is 19.2 Å². The monoisotopic (exact) mass is 494 g/mol. The van der Waals surface area contributed by atoms with Gasteiger partial charge in [-0.3, -0.25) is 9.59 Å². The molecule has 0 unspecified atom stereocenters. The maximum absolute atomic E-state index is 13.6. The number of benzene rings is 2. The molecule has 1 atom stereocenters. The largest absolute Gasteiger partial charge is 0.495 e. The Bertz CT molecular complexity index is 1160. The zero-order valence-electron chi connectivity index (χ0n) is 18.7. The van der Waals surface area contributed by atoms with Crippen molar-refractivity contribution in [1.29, 1.82) is 0 Å². The number of hydrogen-bond acceptors (Lipinski definition) is 4. The zero-order chi connectivity index (χ0) is 23.0. The Kier molecular flexibility index (Phi) is 5.99. The van der Waals surface area contributed by atoms with Crippen molar-refractivity contribution in [2.75, 3.05) is 12.4 Å². The van der Waals surface area contributed by atoms with Crippen molar-refractivity contribution in [3.8, 4) is 5.75 Å². The number of nitrogens with one attached hydrogen (secondary N) is 2. The van der Waals surface area contributed by atoms with Gasteiger partial charge in [-0.25, -0.2) is 0 Å². The van der Waals surface area contributed by atoms with Crippen molar-refractivity contribution in [1.82, 2.24) is 5.32 Å². The van der Waals surface area contributed by atoms with E-state index in [-0.39, 0.29) is 17.1 Å². The van der Waals surface area contributed by atoms with Crippen LogP contribution in [0.25, 0.3) is 0 Å². The van der Waals surface area contributed by atoms with Crippen molar-refractivity contribution >= 4 is 33.3 Å². The van der Waals surface area contributed by atoms with Gasteiger partial charge in [0.2, 0.25) is 0 Å². The van der Waals surface area contributed by atoms with E-state index in [0.717, 1.165) is 27.9 Å². The Balaban J connectivity index is 1.82. The van der Waals surface area contributed by atoms with Crippen LogP contribution in [0.15, 0.2) is 75.5 Å². The molecular formula is C26H27BrN2O3. The van der Waals surface area contributed by atoms with Gasteiger partial charge in [-0.1, -0.05) is 54.0 Å². The Hall–Kier alpha value is -2.86. The average Bonchev–Trinajstić information content (AvgIpc) is 2.72. The molecule has 2 aromatic rings. The first-order valence-corrected chi connectivity index (χ1v) is 11.4. The van der Waals surface area contributed by atoms with Crippen LogP contribution in [-0.4, -0.2) is 18.8 Å². The summed E-state index contributed by atoms with van der Waals surface area (Å²) < 4.78 is 6.30. The summed E-state index contributed by atoms with van der Waals surface area (Å²) in [7, 11) is 1.57. The summed E-state index contributed by atoms with van der Waals surface area (Å²) in [4.78, 5) is 27.0. The highest BCUT2D eigenvalue weighted by molar-refractivity contribution is 9.10. The number of methoxy groups -OCH3 is 1. The summed E-state index contributed by atoms with van der Waals surface area (Å²) in [5, 5.41) is 6.39. The Morgan fingerprint density at radius 2 is 1.91 bits per heavy atom. The maximum Gasteiger partial charge on any atom is 0.254 e. The van der Waals surface area contributed by atoms with Gasteiger partial charge in [0.1, 0.15) is 5.75 Å². The van der Waals surface area contributed by atoms with Gasteiger partial charge >= 0.3 is 0 Å². The second-order valence-corrected chi connectivity index (χ2v) is 10.1. The number of para-hydroxylation sites is 2. The molecule has 4 rings (SSSR count). The van der Waals surface area contributed by atoms with Crippen LogP contribution in [0, 0.1) is 5.41 Å². The van der Waals surface area contributed by atoms with E-state index in [2.05, 4.69) is 40.4 Å². The van der Waals surface area contributed by atoms with Crippen LogP contribution in [-0.2, 0) is 9.59 Å². The molecule has 1 heterocycles. The molecule has 0 aromatic heterocycles. The fourth-order valence-electron chi connectivity index (χ4n) is 4.69. The maximum atomic E-state index is 13.6. The van der Waals surface area contributed by atoms with E-state index in [1.165, 1.54) is 0 Å². The Morgan fingerprint density at radius 1 is 1.16 bits per heavy atom. The molecule has 5 nitrogen and oxygen atoms in total. The minimum Gasteiger partial charge on any atom is -0.495 e. The minimum atomic E-state index is -0.443. The van der Waals surface area contributed by atoms with Crippen LogP contribution in [0.3, 0.4) is 0 Å². The second kappa shape index (κ2) is 8.58. The molecule has 6 heteroatoms. The fraction of sp³-hybridized carbons (Fsp3) is 0.308. The normalized spacial score (nSPS) is 19.9. The number of anilines is 1. The van der Waals surface area contributed by atoms with E-state index in [9.17, 15) is 9.59 Å². The standard InChI is InChI=1S/C26H27BrN2O3/c1-15-22(25(31)29-18-10-5-6-11-21(18)32-4)23(16-8-7-9-17(27)12-16)24-19(28-15)13-26(2,3)14-20(24)30/h5-12,23,28H,13-14H2,1-4H3,(H,29,31)/t23-/m1/s1. The molecule has 0 fully saturated rings. The number of ketones is 1. The van der Waals surface area contributed by atoms with Crippen molar-refractivity contribution in [3.63, 3.8) is 0 Å². The summed E-state index contributed by atoms with van der Waals surface area (Å²) >= 11 is 3.54. The molecule has 0 saturated carbocycles. The molecule has 2 aliphatic rings. The number of rotatable bonds is 4. The SMILES string of the molecule is COc1ccccc1NC(=O)C1=C(C)NC2=C(C(=O)CC(C)(C)C2)[C@@H]1c1cccc(Br)c1. The van der Waals surface area contributed by atoms with E-state index >= 15 is 0 Å². The molecule has 32 heavy (non-hydrogen) atoms. The zero-order valence-corrected chi connectivity index (χ0v) is 20.3. The van der Waals surface area contributed by atoms with E-state index in [4.69, 9.17) is 4.74 Å². The third kappa shape index (κ3) is 4.24. The summed E-state index contributed by atoms with van der Waals surface area (Å²) in [5.41, 5.74) is 4.28. The lowest BCUT2D eigenvalue weighted by Crippen LogP contribution is -2.39. The van der Waals surface area contributed by atoms with Crippen LogP contribution in [0.2, 0.25) is 0 Å². The van der Waals surface area contributed by atoms with E-state index in [0.29, 0.717) is 29.0 Å². The predicted octanol–water partition coefficient (Wildman–Crippen LogP) is 5.70. The first-order chi connectivity index (χ1) is 15.2. The summed E-state index contributed by atoms with van der Waals surface area (Å²) in [5.74, 6) is -0.0307. The fourth-order valence-corrected chi connectivity index (χ4v) is 5.11. The quantitative estimate of drug-likeness (QED) is 0.571. The summed E-state index contributed by atoms with van der Waals surface area (Å²) in [6.07, 6.45) is 1.22. The Labute approximate surface area is 197 Å². The highest BCUT2D eigenvalue weighted by Crippen LogP contribution is 2.47. The molecule has 1 amide bonds. The number of carbonyl (C=O) groups excluding carboxylic acids is 2. The van der Waals surface area contributed by atoms with Crippen molar-refractivity contribution < 1.29 is 14.3 Å². The summed E-state index contributed by atoms with van der Waals surface area (Å²) in [6.45, 7) is 6.11. The number of allylic oxidation sites excluding steroid dienone is 3. The van der Waals surface area contributed by atoms with Gasteiger partial charge < -0.3 is 15.4 Å². The minimum absolute atomic E-state index is 0.0869. The highest BCUT2D eigenvalue weighted by atomic mass is 79.9. The molecule has 0 spiro atoms. The van der Waals surface area contributed by atoms with Crippen LogP contribution in [0.4, 0.5) is 5.69 Å². The van der Waals surface area contributed by atoms with Crippen LogP contribution in [0.5, 0.6) is 5.75 Å². The smallest absolute Gasteiger partial charge is 0.254 e. The van der Waals surface area contributed by atoms with E-state index in [1.807, 2.05) is 43.3 Å². The van der Waals surface area contributed by atoms with Gasteiger partial charge in [0, 0.05) is 39.4 Å². The molecule has 1 aliphatic carbocycles. The van der Waals surface area contributed by atoms with Gasteiger partial charge in [-0.15, -0.1) is 0 Å². The van der Waals surface area contributed by atoms with Gasteiger partial charge in [0.25, 0.3) is 5.91 Å². The number of Topliss-reactive ketones (excluding diaryl/α,β-unsaturated/α-hetero) is 1. The van der Waals surface area contributed by atoms with Gasteiger partial charge in [-0.2, -0.15) is 0 Å². The number of amides is 1. The second-order valence-electron chi connectivity index (χ2n) is 9.14. The summed E-state index contributed by atoms with van der Waals surface area (Å²) in [6, 6.07) is 15.1. The number of ether oxygens (including phenoxy) is 1. The molecule has 0 radical (unpaired) electrons. The lowest BCUT2D eigenvalue weighted by molar-refractivity contribution is -0.118. The van der Waals surface area contributed by atoms with Gasteiger partial charge in [0.05, 0.1) is 12.8 Å². The highest BCUT2D eigenvalue weighted by Gasteiger charge is 2.42. The molecular weight excluding hydrogens is 468 g/mol. The molecule has 2 N–H and O–H groups in total. The third-order valence-electron chi connectivity index (χ3n) is 6.02. The average molecular weight is 495 g/mol. The van der Waals surface area contributed by atoms with Crippen molar-refractivity contribution in [2.45, 2.75) is 39.5 Å². The number of hydrogen-bond donors (Lipinski definition) is 2. The number of halogens is 1. The lowest BCUT2D eigenvalue weighted by atomic mass is 9.68. The molecule has 2 aromatic carbocycles. The Morgan fingerprint density at radius 3 is 2.62 bits per heavy atom. The third-order valence-corrected chi connectivity index (χ3v) is 6.51. The number of dihydropyridines is 1. The van der Waals surface area contributed by atoms with Gasteiger partial charge in [0.15, 0.2) is 5.78 Å². The van der Waals surface area contributed by atoms with Crippen LogP contribution in [0.1, 0.15) is 45.1 Å². The van der Waals surface area contributed by atoms with Crippen LogP contribution >= 0.6 is 15.9 Å². The molecule has 0 bridgehead atoms. The first kappa shape index (κ1) is 22.3. The molecule has 166 valence electrons. The van der Waals surface area contributed by atoms with Crippen molar-refractivity contribution in [2.24, 2.45) is 5.41 Å². The van der Waals surface area contributed by atoms with Crippen LogP contribution < -0.4 is 15.4 Å². The number of carbonyl (C=O) groups is 2. The lowest BCUT2D eigenvalue weighted by Gasteiger charge is -2.39. The predicted molar refractivity (Wildman–Crippen MR) is 129 cm³/mol. The topological polar surface area (TPSA) is 67.4 Å². The first-order valence-electron chi connectivity index (χ1n) is 10.6. The van der Waals surface area contributed by atoms with Gasteiger partial charge in [-0.05, 0) is 48.6 Å². The molecule has 0 saturated heterocycles. The molecule has 1 aliphatic heterocycles.